The zero-order chi connectivity index (χ0) is 20.3. The maximum absolute atomic E-state index is 13.2. The summed E-state index contributed by atoms with van der Waals surface area (Å²) in [5.41, 5.74) is 1.59. The van der Waals surface area contributed by atoms with Crippen LogP contribution in [0.3, 0.4) is 0 Å². The van der Waals surface area contributed by atoms with Gasteiger partial charge in [-0.05, 0) is 80.9 Å². The molecule has 0 amide bonds. The van der Waals surface area contributed by atoms with E-state index >= 15 is 0 Å². The van der Waals surface area contributed by atoms with Crippen molar-refractivity contribution in [1.29, 1.82) is 0 Å². The molecule has 2 N–H and O–H groups in total. The first kappa shape index (κ1) is 18.7. The van der Waals surface area contributed by atoms with Crippen molar-refractivity contribution in [2.75, 3.05) is 5.32 Å². The van der Waals surface area contributed by atoms with Crippen molar-refractivity contribution in [3.8, 4) is 0 Å². The van der Waals surface area contributed by atoms with Gasteiger partial charge in [0.2, 0.25) is 0 Å². The molecule has 1 heterocycles. The molecule has 6 rings (SSSR count). The molecular weight excluding hydrogens is 390 g/mol. The molecule has 2 aromatic rings. The third-order valence-corrected chi connectivity index (χ3v) is 7.49. The fraction of sp³-hybridized carbons (Fsp3) is 0.500. The van der Waals surface area contributed by atoms with Crippen molar-refractivity contribution in [2.45, 2.75) is 51.0 Å². The maximum atomic E-state index is 13.2. The number of anilines is 2. The Morgan fingerprint density at radius 3 is 2.38 bits per heavy atom. The average Bonchev–Trinajstić information content (AvgIpc) is 2.65. The molecule has 0 unspecified atom stereocenters. The van der Waals surface area contributed by atoms with Crippen LogP contribution in [0.15, 0.2) is 29.2 Å². The molecule has 4 bridgehead atoms. The lowest BCUT2D eigenvalue weighted by atomic mass is 9.53. The van der Waals surface area contributed by atoms with Gasteiger partial charge in [0.05, 0.1) is 23.0 Å². The van der Waals surface area contributed by atoms with Gasteiger partial charge in [-0.3, -0.25) is 4.79 Å². The van der Waals surface area contributed by atoms with Gasteiger partial charge in [0.15, 0.2) is 0 Å². The molecule has 0 atom stereocenters. The first-order valence-electron chi connectivity index (χ1n) is 10.2. The van der Waals surface area contributed by atoms with E-state index < -0.39 is 5.97 Å². The van der Waals surface area contributed by atoms with Gasteiger partial charge in [0, 0.05) is 5.69 Å². The van der Waals surface area contributed by atoms with Gasteiger partial charge in [0.25, 0.3) is 5.56 Å². The first-order valence-corrected chi connectivity index (χ1v) is 10.6. The quantitative estimate of drug-likeness (QED) is 0.766. The number of hydrogen-bond donors (Lipinski definition) is 2. The lowest BCUT2D eigenvalue weighted by molar-refractivity contribution is -0.0518. The van der Waals surface area contributed by atoms with Gasteiger partial charge in [-0.15, -0.1) is 0 Å². The number of benzene rings is 1. The largest absolute Gasteiger partial charge is 0.478 e. The van der Waals surface area contributed by atoms with E-state index in [1.165, 1.54) is 19.3 Å². The zero-order valence-corrected chi connectivity index (χ0v) is 17.1. The highest BCUT2D eigenvalue weighted by Crippen LogP contribution is 2.58. The number of hydrogen-bond acceptors (Lipinski definition) is 4. The number of rotatable bonds is 4. The Kier molecular flexibility index (Phi) is 4.24. The van der Waals surface area contributed by atoms with Crippen LogP contribution in [0, 0.1) is 24.7 Å². The second-order valence-electron chi connectivity index (χ2n) is 9.19. The molecule has 0 spiro atoms. The van der Waals surface area contributed by atoms with Crippen molar-refractivity contribution < 1.29 is 9.90 Å². The van der Waals surface area contributed by atoms with Gasteiger partial charge >= 0.3 is 5.97 Å². The van der Waals surface area contributed by atoms with Crippen LogP contribution >= 0.6 is 11.6 Å². The smallest absolute Gasteiger partial charge is 0.335 e. The van der Waals surface area contributed by atoms with Crippen LogP contribution in [0.4, 0.5) is 11.4 Å². The van der Waals surface area contributed by atoms with Gasteiger partial charge in [-0.1, -0.05) is 17.7 Å². The highest BCUT2D eigenvalue weighted by Gasteiger charge is 2.53. The maximum Gasteiger partial charge on any atom is 0.335 e. The van der Waals surface area contributed by atoms with Crippen molar-refractivity contribution in [2.24, 2.45) is 17.8 Å². The van der Waals surface area contributed by atoms with E-state index in [9.17, 15) is 14.7 Å². The highest BCUT2D eigenvalue weighted by molar-refractivity contribution is 6.33. The number of aromatic nitrogens is 2. The van der Waals surface area contributed by atoms with E-state index in [0.29, 0.717) is 29.1 Å². The molecule has 6 nitrogen and oxygen atoms in total. The number of nitrogens with one attached hydrogen (secondary N) is 1. The molecule has 4 aliphatic carbocycles. The summed E-state index contributed by atoms with van der Waals surface area (Å²) in [6.45, 7) is 1.87. The summed E-state index contributed by atoms with van der Waals surface area (Å²) in [7, 11) is 0. The lowest BCUT2D eigenvalue weighted by Crippen LogP contribution is -2.55. The lowest BCUT2D eigenvalue weighted by Gasteiger charge is -2.56. The Labute approximate surface area is 173 Å². The Bertz CT molecular complexity index is 1030. The van der Waals surface area contributed by atoms with E-state index in [4.69, 9.17) is 11.6 Å². The van der Waals surface area contributed by atoms with Crippen LogP contribution in [0.2, 0.25) is 5.02 Å². The van der Waals surface area contributed by atoms with E-state index in [0.717, 1.165) is 24.8 Å². The number of nitrogens with zero attached hydrogens (tertiary/aromatic N) is 2. The standard InChI is InChI=1S/C22H24ClN3O3/c1-12-2-3-16(21(28)29)7-17(12)25-18-11-24-26(20(27)19(18)23)22-8-13-4-14(9-22)6-15(5-13)10-22/h2-3,7,11,13-15,25H,4-6,8-10H2,1H3,(H,28,29). The average molecular weight is 414 g/mol. The SMILES string of the molecule is Cc1ccc(C(=O)O)cc1Nc1cnn(C23CC4CC(CC(C4)C2)C3)c(=O)c1Cl. The van der Waals surface area contributed by atoms with Crippen LogP contribution in [0.1, 0.15) is 54.4 Å². The molecule has 0 saturated heterocycles. The molecule has 0 radical (unpaired) electrons. The van der Waals surface area contributed by atoms with Crippen LogP contribution < -0.4 is 10.9 Å². The fourth-order valence-corrected chi connectivity index (χ4v) is 6.39. The summed E-state index contributed by atoms with van der Waals surface area (Å²) in [6, 6.07) is 4.82. The zero-order valence-electron chi connectivity index (χ0n) is 16.3. The van der Waals surface area contributed by atoms with Crippen molar-refractivity contribution in [3.05, 3.63) is 50.9 Å². The van der Waals surface area contributed by atoms with Gasteiger partial charge in [0.1, 0.15) is 5.02 Å². The first-order chi connectivity index (χ1) is 13.8. The molecule has 7 heteroatoms. The molecule has 0 aliphatic heterocycles. The van der Waals surface area contributed by atoms with Crippen molar-refractivity contribution >= 4 is 28.9 Å². The van der Waals surface area contributed by atoms with Gasteiger partial charge in [-0.25, -0.2) is 9.48 Å². The highest BCUT2D eigenvalue weighted by atomic mass is 35.5. The number of carboxylic acid groups (broad SMARTS) is 1. The minimum absolute atomic E-state index is 0.107. The summed E-state index contributed by atoms with van der Waals surface area (Å²) < 4.78 is 1.66. The Hall–Kier alpha value is -2.34. The molecular formula is C22H24ClN3O3. The number of aromatic carboxylic acids is 1. The monoisotopic (exact) mass is 413 g/mol. The molecule has 4 saturated carbocycles. The third-order valence-electron chi connectivity index (χ3n) is 7.13. The van der Waals surface area contributed by atoms with Crippen LogP contribution in [-0.2, 0) is 5.54 Å². The van der Waals surface area contributed by atoms with E-state index in [-0.39, 0.29) is 21.7 Å². The Morgan fingerprint density at radius 2 is 1.79 bits per heavy atom. The number of halogens is 1. The topological polar surface area (TPSA) is 84.2 Å². The van der Waals surface area contributed by atoms with E-state index in [1.807, 2.05) is 6.92 Å². The Balaban J connectivity index is 1.49. The van der Waals surface area contributed by atoms with E-state index in [2.05, 4.69) is 10.4 Å². The number of carbonyl (C=O) groups is 1. The van der Waals surface area contributed by atoms with E-state index in [1.54, 1.807) is 29.1 Å². The molecule has 1 aromatic carbocycles. The van der Waals surface area contributed by atoms with Crippen LogP contribution in [-0.4, -0.2) is 20.9 Å². The van der Waals surface area contributed by atoms with Crippen molar-refractivity contribution in [3.63, 3.8) is 0 Å². The fourth-order valence-electron chi connectivity index (χ4n) is 6.22. The molecule has 4 fully saturated rings. The second-order valence-corrected chi connectivity index (χ2v) is 9.57. The number of carboxylic acids is 1. The minimum Gasteiger partial charge on any atom is -0.478 e. The second kappa shape index (κ2) is 6.59. The van der Waals surface area contributed by atoms with Gasteiger partial charge in [-0.2, -0.15) is 5.10 Å². The van der Waals surface area contributed by atoms with Crippen LogP contribution in [0.25, 0.3) is 0 Å². The predicted molar refractivity (Wildman–Crippen MR) is 111 cm³/mol. The third kappa shape index (κ3) is 3.05. The summed E-state index contributed by atoms with van der Waals surface area (Å²) in [5.74, 6) is 1.10. The molecule has 29 heavy (non-hydrogen) atoms. The van der Waals surface area contributed by atoms with Gasteiger partial charge < -0.3 is 10.4 Å². The number of aryl methyl sites for hydroxylation is 1. The predicted octanol–water partition coefficient (Wildman–Crippen LogP) is 4.57. The minimum atomic E-state index is -1.01. The summed E-state index contributed by atoms with van der Waals surface area (Å²) in [4.78, 5) is 24.5. The summed E-state index contributed by atoms with van der Waals surface area (Å²) in [5, 5.41) is 17.0. The normalized spacial score (nSPS) is 29.8. The Morgan fingerprint density at radius 1 is 1.17 bits per heavy atom. The summed E-state index contributed by atoms with van der Waals surface area (Å²) >= 11 is 6.49. The molecule has 4 aliphatic rings. The molecule has 1 aromatic heterocycles. The van der Waals surface area contributed by atoms with Crippen LogP contribution in [0.5, 0.6) is 0 Å². The molecule has 152 valence electrons. The summed E-state index contributed by atoms with van der Waals surface area (Å²) in [6.07, 6.45) is 8.55. The van der Waals surface area contributed by atoms with Crippen molar-refractivity contribution in [1.82, 2.24) is 9.78 Å².